The summed E-state index contributed by atoms with van der Waals surface area (Å²) < 4.78 is 0. The molecule has 1 heterocycles. The van der Waals surface area contributed by atoms with Gasteiger partial charge in [-0.25, -0.2) is 9.97 Å². The van der Waals surface area contributed by atoms with Crippen molar-refractivity contribution in [3.8, 4) is 0 Å². The van der Waals surface area contributed by atoms with Gasteiger partial charge < -0.3 is 5.32 Å². The number of nitrogens with zero attached hydrogens (tertiary/aromatic N) is 2. The molecule has 0 spiro atoms. The van der Waals surface area contributed by atoms with Crippen molar-refractivity contribution in [3.05, 3.63) is 17.0 Å². The monoisotopic (exact) mass is 313 g/mol. The highest BCUT2D eigenvalue weighted by Gasteiger charge is 2.22. The average molecular weight is 314 g/mol. The fraction of sp³-hybridized carbons (Fsp3) is 0.733. The van der Waals surface area contributed by atoms with Gasteiger partial charge in [-0.3, -0.25) is 0 Å². The summed E-state index contributed by atoms with van der Waals surface area (Å²) in [5, 5.41) is 4.88. The van der Waals surface area contributed by atoms with Gasteiger partial charge in [-0.2, -0.15) is 11.8 Å². The van der Waals surface area contributed by atoms with Gasteiger partial charge in [0.25, 0.3) is 0 Å². The summed E-state index contributed by atoms with van der Waals surface area (Å²) in [5.41, 5.74) is -0.0855. The maximum Gasteiger partial charge on any atom is 0.137 e. The number of hydrogen-bond acceptors (Lipinski definition) is 4. The number of thioether (sulfide) groups is 1. The molecule has 20 heavy (non-hydrogen) atoms. The van der Waals surface area contributed by atoms with Gasteiger partial charge in [0, 0.05) is 22.8 Å². The highest BCUT2D eigenvalue weighted by atomic mass is 35.5. The van der Waals surface area contributed by atoms with Gasteiger partial charge in [-0.15, -0.1) is 0 Å². The van der Waals surface area contributed by atoms with E-state index in [-0.39, 0.29) is 5.41 Å². The second-order valence-electron chi connectivity index (χ2n) is 6.50. The van der Waals surface area contributed by atoms with Crippen molar-refractivity contribution in [2.45, 2.75) is 63.2 Å². The maximum absolute atomic E-state index is 6.12. The van der Waals surface area contributed by atoms with Gasteiger partial charge in [-0.1, -0.05) is 32.4 Å². The number of nitrogens with one attached hydrogen (secondary N) is 1. The smallest absolute Gasteiger partial charge is 0.137 e. The SMILES string of the molecule is CSC1CCC(Nc2cc(Cl)nc(C(C)(C)C)n2)CC1. The van der Waals surface area contributed by atoms with Gasteiger partial charge in [0.15, 0.2) is 0 Å². The fourth-order valence-corrected chi connectivity index (χ4v) is 3.41. The Labute approximate surface area is 131 Å². The molecule has 1 aromatic heterocycles. The van der Waals surface area contributed by atoms with Crippen LogP contribution in [0.3, 0.4) is 0 Å². The lowest BCUT2D eigenvalue weighted by Crippen LogP contribution is -2.28. The van der Waals surface area contributed by atoms with Gasteiger partial charge in [-0.05, 0) is 31.9 Å². The van der Waals surface area contributed by atoms with Crippen LogP contribution < -0.4 is 5.32 Å². The highest BCUT2D eigenvalue weighted by Crippen LogP contribution is 2.29. The van der Waals surface area contributed by atoms with Crippen molar-refractivity contribution in [3.63, 3.8) is 0 Å². The molecule has 1 fully saturated rings. The molecule has 0 bridgehead atoms. The normalized spacial score (nSPS) is 23.6. The second-order valence-corrected chi connectivity index (χ2v) is 8.03. The zero-order chi connectivity index (χ0) is 14.8. The van der Waals surface area contributed by atoms with Gasteiger partial charge in [0.2, 0.25) is 0 Å². The number of aromatic nitrogens is 2. The fourth-order valence-electron chi connectivity index (χ4n) is 2.48. The first-order valence-electron chi connectivity index (χ1n) is 7.23. The quantitative estimate of drug-likeness (QED) is 0.833. The molecule has 112 valence electrons. The van der Waals surface area contributed by atoms with Crippen molar-refractivity contribution in [1.82, 2.24) is 9.97 Å². The molecule has 5 heteroatoms. The first-order valence-corrected chi connectivity index (χ1v) is 8.89. The van der Waals surface area contributed by atoms with Crippen LogP contribution in [0.2, 0.25) is 5.15 Å². The van der Waals surface area contributed by atoms with Gasteiger partial charge in [0.1, 0.15) is 16.8 Å². The van der Waals surface area contributed by atoms with E-state index in [0.717, 1.165) is 16.9 Å². The number of halogens is 1. The van der Waals surface area contributed by atoms with Crippen LogP contribution in [0.4, 0.5) is 5.82 Å². The molecule has 2 rings (SSSR count). The first-order chi connectivity index (χ1) is 9.38. The largest absolute Gasteiger partial charge is 0.367 e. The molecule has 1 aromatic rings. The topological polar surface area (TPSA) is 37.8 Å². The Bertz CT molecular complexity index is 451. The van der Waals surface area contributed by atoms with E-state index in [1.165, 1.54) is 25.7 Å². The van der Waals surface area contributed by atoms with Crippen LogP contribution in [0.1, 0.15) is 52.3 Å². The number of rotatable bonds is 3. The third-order valence-electron chi connectivity index (χ3n) is 3.73. The Balaban J connectivity index is 2.05. The van der Waals surface area contributed by atoms with Gasteiger partial charge >= 0.3 is 0 Å². The van der Waals surface area contributed by atoms with Crippen LogP contribution in [0.5, 0.6) is 0 Å². The van der Waals surface area contributed by atoms with Crippen LogP contribution in [0.25, 0.3) is 0 Å². The second kappa shape index (κ2) is 6.52. The number of anilines is 1. The van der Waals surface area contributed by atoms with Crippen LogP contribution in [0, 0.1) is 0 Å². The summed E-state index contributed by atoms with van der Waals surface area (Å²) in [5.74, 6) is 1.66. The summed E-state index contributed by atoms with van der Waals surface area (Å²) in [6, 6.07) is 2.34. The molecule has 0 radical (unpaired) electrons. The Hall–Kier alpha value is -0.480. The molecule has 1 aliphatic rings. The Morgan fingerprint density at radius 3 is 2.40 bits per heavy atom. The van der Waals surface area contributed by atoms with Crippen molar-refractivity contribution >= 4 is 29.2 Å². The van der Waals surface area contributed by atoms with Crippen molar-refractivity contribution < 1.29 is 0 Å². The molecule has 3 nitrogen and oxygen atoms in total. The molecule has 0 atom stereocenters. The lowest BCUT2D eigenvalue weighted by Gasteiger charge is -2.28. The van der Waals surface area contributed by atoms with E-state index in [0.29, 0.717) is 11.2 Å². The Kier molecular flexibility index (Phi) is 5.19. The van der Waals surface area contributed by atoms with Crippen LogP contribution in [-0.4, -0.2) is 27.5 Å². The van der Waals surface area contributed by atoms with Crippen molar-refractivity contribution in [2.24, 2.45) is 0 Å². The lowest BCUT2D eigenvalue weighted by atomic mass is 9.94. The van der Waals surface area contributed by atoms with E-state index in [4.69, 9.17) is 11.6 Å². The van der Waals surface area contributed by atoms with E-state index >= 15 is 0 Å². The predicted octanol–water partition coefficient (Wildman–Crippen LogP) is 4.51. The Morgan fingerprint density at radius 2 is 1.85 bits per heavy atom. The molecule has 0 amide bonds. The number of hydrogen-bond donors (Lipinski definition) is 1. The summed E-state index contributed by atoms with van der Waals surface area (Å²) in [6.07, 6.45) is 7.18. The standard InChI is InChI=1S/C15H24ClN3S/c1-15(2,3)14-18-12(16)9-13(19-14)17-10-5-7-11(20-4)8-6-10/h9-11H,5-8H2,1-4H3,(H,17,18,19). The Morgan fingerprint density at radius 1 is 1.20 bits per heavy atom. The van der Waals surface area contributed by atoms with Crippen molar-refractivity contribution in [1.29, 1.82) is 0 Å². The van der Waals surface area contributed by atoms with E-state index in [1.54, 1.807) is 0 Å². The zero-order valence-corrected chi connectivity index (χ0v) is 14.3. The zero-order valence-electron chi connectivity index (χ0n) is 12.7. The van der Waals surface area contributed by atoms with E-state index < -0.39 is 0 Å². The minimum Gasteiger partial charge on any atom is -0.367 e. The molecule has 0 aliphatic heterocycles. The molecule has 1 saturated carbocycles. The molecule has 0 unspecified atom stereocenters. The molecular weight excluding hydrogens is 290 g/mol. The van der Waals surface area contributed by atoms with Crippen molar-refractivity contribution in [2.75, 3.05) is 11.6 Å². The maximum atomic E-state index is 6.12. The highest BCUT2D eigenvalue weighted by molar-refractivity contribution is 7.99. The first kappa shape index (κ1) is 15.9. The van der Waals surface area contributed by atoms with E-state index in [2.05, 4.69) is 42.3 Å². The molecule has 1 aliphatic carbocycles. The van der Waals surface area contributed by atoms with Crippen LogP contribution in [-0.2, 0) is 5.41 Å². The van der Waals surface area contributed by atoms with Gasteiger partial charge in [0.05, 0.1) is 0 Å². The lowest BCUT2D eigenvalue weighted by molar-refractivity contribution is 0.471. The summed E-state index contributed by atoms with van der Waals surface area (Å²) in [6.45, 7) is 6.31. The average Bonchev–Trinajstić information content (AvgIpc) is 2.38. The summed E-state index contributed by atoms with van der Waals surface area (Å²) >= 11 is 8.11. The molecule has 0 aromatic carbocycles. The van der Waals surface area contributed by atoms with Crippen LogP contribution >= 0.6 is 23.4 Å². The third-order valence-corrected chi connectivity index (χ3v) is 5.06. The molecule has 1 N–H and O–H groups in total. The molecule has 0 saturated heterocycles. The summed E-state index contributed by atoms with van der Waals surface area (Å²) in [7, 11) is 0. The predicted molar refractivity (Wildman–Crippen MR) is 88.9 cm³/mol. The van der Waals surface area contributed by atoms with Crippen LogP contribution in [0.15, 0.2) is 6.07 Å². The summed E-state index contributed by atoms with van der Waals surface area (Å²) in [4.78, 5) is 8.96. The third kappa shape index (κ3) is 4.26. The molecular formula is C15H24ClN3S. The van der Waals surface area contributed by atoms with E-state index in [9.17, 15) is 0 Å². The minimum atomic E-state index is -0.0855. The van der Waals surface area contributed by atoms with E-state index in [1.807, 2.05) is 17.8 Å². The minimum absolute atomic E-state index is 0.0855.